The molecule has 4 rings (SSSR count). The molecule has 3 amide bonds. The standard InChI is InChI=1S/C29H33FN4O6S/c1-19-16-34(20(2)18-35)28(36)25-15-23(32-29(37)31-22-7-5-4-6-8-22)11-14-26(25)40-27(19)17-33(3)41(38,39)24-12-9-21(30)10-13-24/h4-15,19-20,27,35H,16-18H2,1-3H3,(H2,31,32,37)/t19-,20+,27+/m1/s1. The van der Waals surface area contributed by atoms with E-state index in [1.165, 1.54) is 30.1 Å². The Labute approximate surface area is 238 Å². The van der Waals surface area contributed by atoms with Crippen LogP contribution in [0, 0.1) is 11.7 Å². The van der Waals surface area contributed by atoms with E-state index >= 15 is 0 Å². The Morgan fingerprint density at radius 2 is 1.76 bits per heavy atom. The Morgan fingerprint density at radius 1 is 1.10 bits per heavy atom. The SMILES string of the molecule is C[C@@H]1CN([C@@H](C)CO)C(=O)c2cc(NC(=O)Nc3ccccc3)ccc2O[C@H]1CN(C)S(=O)(=O)c1ccc(F)cc1. The summed E-state index contributed by atoms with van der Waals surface area (Å²) in [4.78, 5) is 27.6. The number of para-hydroxylation sites is 1. The lowest BCUT2D eigenvalue weighted by molar-refractivity contribution is 0.0387. The average molecular weight is 585 g/mol. The fourth-order valence-electron chi connectivity index (χ4n) is 4.47. The molecule has 0 saturated carbocycles. The van der Waals surface area contributed by atoms with Gasteiger partial charge in [0.1, 0.15) is 17.7 Å². The molecule has 0 aromatic heterocycles. The van der Waals surface area contributed by atoms with E-state index in [1.54, 1.807) is 43.3 Å². The summed E-state index contributed by atoms with van der Waals surface area (Å²) < 4.78 is 47.1. The zero-order valence-corrected chi connectivity index (χ0v) is 23.8. The number of aliphatic hydroxyl groups excluding tert-OH is 1. The van der Waals surface area contributed by atoms with Crippen molar-refractivity contribution < 1.29 is 32.2 Å². The van der Waals surface area contributed by atoms with E-state index in [9.17, 15) is 27.5 Å². The first-order valence-corrected chi connectivity index (χ1v) is 14.5. The van der Waals surface area contributed by atoms with Crippen molar-refractivity contribution in [3.05, 3.63) is 84.2 Å². The molecule has 10 nitrogen and oxygen atoms in total. The summed E-state index contributed by atoms with van der Waals surface area (Å²) in [5, 5.41) is 15.3. The summed E-state index contributed by atoms with van der Waals surface area (Å²) in [6.45, 7) is 3.39. The molecule has 0 aliphatic carbocycles. The van der Waals surface area contributed by atoms with E-state index in [-0.39, 0.29) is 41.8 Å². The number of hydrogen-bond acceptors (Lipinski definition) is 6. The molecular formula is C29H33FN4O6S. The first kappa shape index (κ1) is 30.0. The van der Waals surface area contributed by atoms with E-state index in [4.69, 9.17) is 4.74 Å². The van der Waals surface area contributed by atoms with Crippen molar-refractivity contribution in [2.75, 3.05) is 37.4 Å². The Kier molecular flexibility index (Phi) is 9.26. The third-order valence-corrected chi connectivity index (χ3v) is 8.75. The van der Waals surface area contributed by atoms with Crippen molar-refractivity contribution in [1.82, 2.24) is 9.21 Å². The number of amides is 3. The Balaban J connectivity index is 1.61. The molecule has 12 heteroatoms. The average Bonchev–Trinajstić information content (AvgIpc) is 2.95. The van der Waals surface area contributed by atoms with Gasteiger partial charge in [-0.2, -0.15) is 4.31 Å². The van der Waals surface area contributed by atoms with Gasteiger partial charge in [0, 0.05) is 30.9 Å². The molecule has 0 radical (unpaired) electrons. The number of likely N-dealkylation sites (N-methyl/N-ethyl adjacent to an activating group) is 1. The summed E-state index contributed by atoms with van der Waals surface area (Å²) in [5.74, 6) is -1.06. The second-order valence-corrected chi connectivity index (χ2v) is 12.1. The minimum atomic E-state index is -3.96. The van der Waals surface area contributed by atoms with Crippen LogP contribution in [0.4, 0.5) is 20.6 Å². The zero-order valence-electron chi connectivity index (χ0n) is 23.0. The Morgan fingerprint density at radius 3 is 2.41 bits per heavy atom. The van der Waals surface area contributed by atoms with Gasteiger partial charge in [-0.1, -0.05) is 25.1 Å². The van der Waals surface area contributed by atoms with E-state index in [0.29, 0.717) is 11.4 Å². The maximum atomic E-state index is 13.6. The quantitative estimate of drug-likeness (QED) is 0.367. The number of sulfonamides is 1. The molecule has 1 aliphatic heterocycles. The number of aliphatic hydroxyl groups is 1. The number of rotatable bonds is 8. The summed E-state index contributed by atoms with van der Waals surface area (Å²) >= 11 is 0. The van der Waals surface area contributed by atoms with Crippen molar-refractivity contribution in [3.63, 3.8) is 0 Å². The maximum Gasteiger partial charge on any atom is 0.323 e. The fourth-order valence-corrected chi connectivity index (χ4v) is 5.65. The molecule has 3 atom stereocenters. The lowest BCUT2D eigenvalue weighted by Gasteiger charge is -2.38. The Hall–Kier alpha value is -4.00. The highest BCUT2D eigenvalue weighted by atomic mass is 32.2. The topological polar surface area (TPSA) is 128 Å². The molecule has 0 fully saturated rings. The molecule has 0 unspecified atom stereocenters. The van der Waals surface area contributed by atoms with Gasteiger partial charge in [0.25, 0.3) is 5.91 Å². The fraction of sp³-hybridized carbons (Fsp3) is 0.310. The van der Waals surface area contributed by atoms with Crippen LogP contribution >= 0.6 is 0 Å². The first-order valence-electron chi connectivity index (χ1n) is 13.1. The molecule has 0 saturated heterocycles. The van der Waals surface area contributed by atoms with Crippen LogP contribution in [0.25, 0.3) is 0 Å². The number of halogens is 1. The molecular weight excluding hydrogens is 551 g/mol. The second kappa shape index (κ2) is 12.7. The molecule has 0 spiro atoms. The number of ether oxygens (including phenoxy) is 1. The predicted molar refractivity (Wildman–Crippen MR) is 153 cm³/mol. The smallest absolute Gasteiger partial charge is 0.323 e. The van der Waals surface area contributed by atoms with Gasteiger partial charge >= 0.3 is 6.03 Å². The van der Waals surface area contributed by atoms with Crippen LogP contribution < -0.4 is 15.4 Å². The van der Waals surface area contributed by atoms with Gasteiger partial charge in [-0.15, -0.1) is 0 Å². The normalized spacial score (nSPS) is 18.1. The summed E-state index contributed by atoms with van der Waals surface area (Å²) in [6, 6.07) is 17.0. The van der Waals surface area contributed by atoms with Crippen molar-refractivity contribution in [2.45, 2.75) is 30.9 Å². The van der Waals surface area contributed by atoms with Gasteiger partial charge in [-0.3, -0.25) is 4.79 Å². The number of hydrogen-bond donors (Lipinski definition) is 3. The van der Waals surface area contributed by atoms with Gasteiger partial charge in [0.05, 0.1) is 29.7 Å². The van der Waals surface area contributed by atoms with Crippen LogP contribution in [0.3, 0.4) is 0 Å². The van der Waals surface area contributed by atoms with E-state index in [1.807, 2.05) is 13.0 Å². The largest absolute Gasteiger partial charge is 0.488 e. The highest BCUT2D eigenvalue weighted by Crippen LogP contribution is 2.31. The van der Waals surface area contributed by atoms with Gasteiger partial charge < -0.3 is 25.4 Å². The number of urea groups is 1. The number of nitrogens with zero attached hydrogens (tertiary/aromatic N) is 2. The second-order valence-electron chi connectivity index (χ2n) is 10.0. The number of carbonyl (C=O) groups excluding carboxylic acids is 2. The summed E-state index contributed by atoms with van der Waals surface area (Å²) in [7, 11) is -2.55. The van der Waals surface area contributed by atoms with Crippen LogP contribution in [-0.2, 0) is 10.0 Å². The minimum absolute atomic E-state index is 0.0597. The zero-order chi connectivity index (χ0) is 29.7. The van der Waals surface area contributed by atoms with Crippen LogP contribution in [0.5, 0.6) is 5.75 Å². The van der Waals surface area contributed by atoms with E-state index in [0.717, 1.165) is 16.4 Å². The van der Waals surface area contributed by atoms with Gasteiger partial charge in [-0.25, -0.2) is 17.6 Å². The highest BCUT2D eigenvalue weighted by Gasteiger charge is 2.35. The maximum absolute atomic E-state index is 13.6. The number of carbonyl (C=O) groups is 2. The van der Waals surface area contributed by atoms with Crippen molar-refractivity contribution in [1.29, 1.82) is 0 Å². The summed E-state index contributed by atoms with van der Waals surface area (Å²) in [6.07, 6.45) is -0.685. The molecule has 3 N–H and O–H groups in total. The van der Waals surface area contributed by atoms with Crippen molar-refractivity contribution in [2.24, 2.45) is 5.92 Å². The number of benzene rings is 3. The lowest BCUT2D eigenvalue weighted by atomic mass is 9.99. The van der Waals surface area contributed by atoms with Gasteiger partial charge in [0.15, 0.2) is 0 Å². The first-order chi connectivity index (χ1) is 19.5. The van der Waals surface area contributed by atoms with Gasteiger partial charge in [0.2, 0.25) is 10.0 Å². The van der Waals surface area contributed by atoms with E-state index in [2.05, 4.69) is 10.6 Å². The molecule has 0 bridgehead atoms. The minimum Gasteiger partial charge on any atom is -0.488 e. The van der Waals surface area contributed by atoms with Crippen molar-refractivity contribution >= 4 is 33.3 Å². The molecule has 1 aliphatic rings. The lowest BCUT2D eigenvalue weighted by Crippen LogP contribution is -2.50. The third kappa shape index (κ3) is 7.02. The number of anilines is 2. The van der Waals surface area contributed by atoms with Crippen LogP contribution in [0.1, 0.15) is 24.2 Å². The van der Waals surface area contributed by atoms with Crippen LogP contribution in [0.15, 0.2) is 77.7 Å². The summed E-state index contributed by atoms with van der Waals surface area (Å²) in [5.41, 5.74) is 1.09. The molecule has 41 heavy (non-hydrogen) atoms. The monoisotopic (exact) mass is 584 g/mol. The predicted octanol–water partition coefficient (Wildman–Crippen LogP) is 4.01. The molecule has 3 aromatic rings. The van der Waals surface area contributed by atoms with Crippen molar-refractivity contribution in [3.8, 4) is 5.75 Å². The number of fused-ring (bicyclic) bond motifs is 1. The molecule has 218 valence electrons. The third-order valence-electron chi connectivity index (χ3n) is 6.91. The van der Waals surface area contributed by atoms with Gasteiger partial charge in [-0.05, 0) is 61.5 Å². The highest BCUT2D eigenvalue weighted by molar-refractivity contribution is 7.89. The Bertz CT molecular complexity index is 1490. The molecule has 1 heterocycles. The van der Waals surface area contributed by atoms with Crippen LogP contribution in [0.2, 0.25) is 0 Å². The van der Waals surface area contributed by atoms with E-state index < -0.39 is 39.9 Å². The number of nitrogens with one attached hydrogen (secondary N) is 2. The molecule has 3 aromatic carbocycles. The van der Waals surface area contributed by atoms with Crippen LogP contribution in [-0.4, -0.2) is 73.6 Å².